The summed E-state index contributed by atoms with van der Waals surface area (Å²) in [6.45, 7) is 4.80. The lowest BCUT2D eigenvalue weighted by molar-refractivity contribution is -0.134. The first-order chi connectivity index (χ1) is 19.1. The normalized spacial score (nSPS) is 10.8. The molecular weight excluding hydrogens is 484 g/mol. The lowest BCUT2D eigenvalue weighted by Gasteiger charge is -2.08. The lowest BCUT2D eigenvalue weighted by atomic mass is 10.0. The number of carbonyl (C=O) groups excluding carboxylic acids is 1. The summed E-state index contributed by atoms with van der Waals surface area (Å²) in [5.74, 6) is 1.82. The number of benzene rings is 3. The number of hydrogen-bond acceptors (Lipinski definition) is 5. The van der Waals surface area contributed by atoms with Crippen molar-refractivity contribution in [3.8, 4) is 22.6 Å². The minimum atomic E-state index is -0.215. The molecule has 3 aromatic carbocycles. The third kappa shape index (κ3) is 9.36. The molecule has 4 rings (SSSR count). The van der Waals surface area contributed by atoms with Crippen molar-refractivity contribution in [3.63, 3.8) is 0 Å². The van der Waals surface area contributed by atoms with Gasteiger partial charge in [0.1, 0.15) is 18.2 Å². The summed E-state index contributed by atoms with van der Waals surface area (Å²) in [5.41, 5.74) is 5.94. The van der Waals surface area contributed by atoms with Gasteiger partial charge in [-0.05, 0) is 54.2 Å². The molecule has 0 aliphatic carbocycles. The van der Waals surface area contributed by atoms with Crippen LogP contribution in [0.5, 0.6) is 11.5 Å². The summed E-state index contributed by atoms with van der Waals surface area (Å²) in [6, 6.07) is 25.2. The minimum absolute atomic E-state index is 0.215. The van der Waals surface area contributed by atoms with Crippen molar-refractivity contribution in [3.05, 3.63) is 108 Å². The molecule has 5 heteroatoms. The summed E-state index contributed by atoms with van der Waals surface area (Å²) in [5, 5.41) is 0. The molecule has 39 heavy (non-hydrogen) atoms. The van der Waals surface area contributed by atoms with Gasteiger partial charge in [-0.2, -0.15) is 0 Å². The van der Waals surface area contributed by atoms with Gasteiger partial charge in [0.15, 0.2) is 5.75 Å². The molecule has 1 aromatic heterocycles. The molecule has 4 aromatic rings. The van der Waals surface area contributed by atoms with E-state index in [4.69, 9.17) is 9.47 Å². The van der Waals surface area contributed by atoms with Gasteiger partial charge in [0.25, 0.3) is 0 Å². The first kappa shape index (κ1) is 28.0. The molecule has 0 spiro atoms. The average molecular weight is 523 g/mol. The number of nitrogens with zero attached hydrogens (tertiary/aromatic N) is 2. The second-order valence-electron chi connectivity index (χ2n) is 9.97. The van der Waals surface area contributed by atoms with E-state index in [0.717, 1.165) is 42.8 Å². The maximum Gasteiger partial charge on any atom is 0.311 e. The Labute approximate surface area is 232 Å². The van der Waals surface area contributed by atoms with E-state index < -0.39 is 0 Å². The summed E-state index contributed by atoms with van der Waals surface area (Å²) in [6.07, 6.45) is 10.7. The highest BCUT2D eigenvalue weighted by Gasteiger charge is 2.07. The van der Waals surface area contributed by atoms with E-state index in [-0.39, 0.29) is 5.97 Å². The van der Waals surface area contributed by atoms with E-state index in [9.17, 15) is 4.79 Å². The molecule has 0 N–H and O–H groups in total. The van der Waals surface area contributed by atoms with Gasteiger partial charge >= 0.3 is 5.97 Å². The zero-order valence-electron chi connectivity index (χ0n) is 23.1. The summed E-state index contributed by atoms with van der Waals surface area (Å²) < 4.78 is 11.3. The second-order valence-corrected chi connectivity index (χ2v) is 9.97. The van der Waals surface area contributed by atoms with Crippen LogP contribution in [0.2, 0.25) is 0 Å². The first-order valence-corrected chi connectivity index (χ1v) is 14.0. The number of unbranched alkanes of at least 4 members (excludes halogenated alkanes) is 4. The fourth-order valence-electron chi connectivity index (χ4n) is 4.29. The molecule has 0 aliphatic rings. The van der Waals surface area contributed by atoms with Crippen molar-refractivity contribution in [2.75, 3.05) is 0 Å². The Hall–Kier alpha value is -3.99. The van der Waals surface area contributed by atoms with Crippen LogP contribution >= 0.6 is 0 Å². The first-order valence-electron chi connectivity index (χ1n) is 14.0. The third-order valence-corrected chi connectivity index (χ3v) is 6.70. The van der Waals surface area contributed by atoms with Gasteiger partial charge < -0.3 is 9.47 Å². The number of esters is 1. The van der Waals surface area contributed by atoms with E-state index in [1.54, 1.807) is 12.4 Å². The molecule has 0 fully saturated rings. The molecule has 202 valence electrons. The standard InChI is InChI=1S/C34H38N2O3/c1-3-4-5-6-7-8-34(37)39-32-23-35-33(36-24-32)22-15-27-11-16-29(17-12-27)30-18-13-28(14-19-30)25-38-31-20-9-26(2)10-21-31/h9-14,16-21,23-24H,3-8,15,22,25H2,1-2H3. The molecule has 0 atom stereocenters. The van der Waals surface area contributed by atoms with Crippen LogP contribution in [-0.4, -0.2) is 15.9 Å². The molecule has 0 saturated heterocycles. The number of carbonyl (C=O) groups is 1. The van der Waals surface area contributed by atoms with Crippen molar-refractivity contribution in [2.24, 2.45) is 0 Å². The fourth-order valence-corrected chi connectivity index (χ4v) is 4.29. The van der Waals surface area contributed by atoms with Crippen molar-refractivity contribution < 1.29 is 14.3 Å². The number of ether oxygens (including phenoxy) is 2. The van der Waals surface area contributed by atoms with Crippen LogP contribution in [0, 0.1) is 6.92 Å². The van der Waals surface area contributed by atoms with Gasteiger partial charge in [0.2, 0.25) is 0 Å². The molecule has 0 unspecified atom stereocenters. The highest BCUT2D eigenvalue weighted by atomic mass is 16.5. The highest BCUT2D eigenvalue weighted by molar-refractivity contribution is 5.72. The Morgan fingerprint density at radius 3 is 1.95 bits per heavy atom. The Balaban J connectivity index is 1.20. The maximum atomic E-state index is 12.0. The quantitative estimate of drug-likeness (QED) is 0.124. The predicted octanol–water partition coefficient (Wildman–Crippen LogP) is 8.08. The molecule has 1 heterocycles. The van der Waals surface area contributed by atoms with Gasteiger partial charge in [-0.1, -0.05) is 98.8 Å². The summed E-state index contributed by atoms with van der Waals surface area (Å²) >= 11 is 0. The zero-order chi connectivity index (χ0) is 27.3. The molecule has 0 saturated carbocycles. The van der Waals surface area contributed by atoms with Crippen LogP contribution in [0.15, 0.2) is 85.2 Å². The van der Waals surface area contributed by atoms with Gasteiger partial charge in [-0.15, -0.1) is 0 Å². The third-order valence-electron chi connectivity index (χ3n) is 6.70. The molecule has 0 bridgehead atoms. The second kappa shape index (κ2) is 14.8. The van der Waals surface area contributed by atoms with E-state index in [1.807, 2.05) is 12.1 Å². The minimum Gasteiger partial charge on any atom is -0.489 e. The van der Waals surface area contributed by atoms with Gasteiger partial charge in [0, 0.05) is 12.8 Å². The zero-order valence-corrected chi connectivity index (χ0v) is 23.1. The SMILES string of the molecule is CCCCCCCC(=O)Oc1cnc(CCc2ccc(-c3ccc(COc4ccc(C)cc4)cc3)cc2)nc1. The number of aryl methyl sites for hydroxylation is 3. The smallest absolute Gasteiger partial charge is 0.311 e. The molecule has 0 amide bonds. The summed E-state index contributed by atoms with van der Waals surface area (Å²) in [4.78, 5) is 20.8. The number of aromatic nitrogens is 2. The molecule has 5 nitrogen and oxygen atoms in total. The Morgan fingerprint density at radius 1 is 0.692 bits per heavy atom. The van der Waals surface area contributed by atoms with Gasteiger partial charge in [-0.25, -0.2) is 9.97 Å². The number of rotatable bonds is 14. The van der Waals surface area contributed by atoms with E-state index in [0.29, 0.717) is 18.8 Å². The van der Waals surface area contributed by atoms with Crippen LogP contribution in [0.4, 0.5) is 0 Å². The average Bonchev–Trinajstić information content (AvgIpc) is 2.97. The van der Waals surface area contributed by atoms with Crippen molar-refractivity contribution >= 4 is 5.97 Å². The van der Waals surface area contributed by atoms with Crippen molar-refractivity contribution in [1.29, 1.82) is 0 Å². The molecular formula is C34H38N2O3. The van der Waals surface area contributed by atoms with Crippen LogP contribution in [0.3, 0.4) is 0 Å². The Kier molecular flexibility index (Phi) is 10.6. The number of hydrogen-bond donors (Lipinski definition) is 0. The monoisotopic (exact) mass is 522 g/mol. The lowest BCUT2D eigenvalue weighted by Crippen LogP contribution is -2.08. The largest absolute Gasteiger partial charge is 0.489 e. The van der Waals surface area contributed by atoms with Crippen molar-refractivity contribution in [1.82, 2.24) is 9.97 Å². The predicted molar refractivity (Wildman–Crippen MR) is 156 cm³/mol. The van der Waals surface area contributed by atoms with Crippen LogP contribution in [0.1, 0.15) is 68.0 Å². The van der Waals surface area contributed by atoms with E-state index in [2.05, 4.69) is 84.5 Å². The van der Waals surface area contributed by atoms with Crippen molar-refractivity contribution in [2.45, 2.75) is 71.8 Å². The molecule has 0 aliphatic heterocycles. The molecule has 0 radical (unpaired) electrons. The summed E-state index contributed by atoms with van der Waals surface area (Å²) in [7, 11) is 0. The van der Waals surface area contributed by atoms with Gasteiger partial charge in [0.05, 0.1) is 12.4 Å². The fraction of sp³-hybridized carbons (Fsp3) is 0.324. The van der Waals surface area contributed by atoms with Gasteiger partial charge in [-0.3, -0.25) is 4.79 Å². The van der Waals surface area contributed by atoms with Crippen LogP contribution < -0.4 is 9.47 Å². The Bertz CT molecular complexity index is 1280. The maximum absolute atomic E-state index is 12.0. The van der Waals surface area contributed by atoms with E-state index in [1.165, 1.54) is 41.5 Å². The van der Waals surface area contributed by atoms with Crippen LogP contribution in [0.25, 0.3) is 11.1 Å². The topological polar surface area (TPSA) is 61.3 Å². The Morgan fingerprint density at radius 2 is 1.31 bits per heavy atom. The highest BCUT2D eigenvalue weighted by Crippen LogP contribution is 2.22. The van der Waals surface area contributed by atoms with E-state index >= 15 is 0 Å². The van der Waals surface area contributed by atoms with Crippen LogP contribution in [-0.2, 0) is 24.2 Å².